The first-order valence-corrected chi connectivity index (χ1v) is 11.2. The summed E-state index contributed by atoms with van der Waals surface area (Å²) in [6, 6.07) is 15.6. The molecule has 0 amide bonds. The van der Waals surface area contributed by atoms with Gasteiger partial charge in [0.2, 0.25) is 0 Å². The molecule has 2 aromatic rings. The molecule has 2 aromatic carbocycles. The van der Waals surface area contributed by atoms with E-state index in [4.69, 9.17) is 15.2 Å². The van der Waals surface area contributed by atoms with Gasteiger partial charge in [-0.3, -0.25) is 9.69 Å². The lowest BCUT2D eigenvalue weighted by atomic mass is 9.68. The van der Waals surface area contributed by atoms with Gasteiger partial charge in [-0.15, -0.1) is 0 Å². The van der Waals surface area contributed by atoms with Crippen LogP contribution in [0.1, 0.15) is 43.7 Å². The van der Waals surface area contributed by atoms with Crippen LogP contribution in [0.4, 0.5) is 5.69 Å². The van der Waals surface area contributed by atoms with E-state index in [1.54, 1.807) is 20.3 Å². The SMILES string of the molecule is COc1ccc([C@@H]2C(C#N)=C3N=C(N)c4ccccc4N3C3=C2C(=O)CC(C)(C)C3)cc1OC. The van der Waals surface area contributed by atoms with Crippen molar-refractivity contribution in [2.24, 2.45) is 16.1 Å². The molecule has 0 saturated carbocycles. The molecule has 0 unspecified atom stereocenters. The fourth-order valence-electron chi connectivity index (χ4n) is 5.26. The molecule has 2 heterocycles. The van der Waals surface area contributed by atoms with Gasteiger partial charge in [0.1, 0.15) is 5.84 Å². The molecule has 2 aliphatic heterocycles. The second kappa shape index (κ2) is 7.77. The Bertz CT molecular complexity index is 1360. The van der Waals surface area contributed by atoms with Crippen molar-refractivity contribution in [1.29, 1.82) is 5.26 Å². The molecule has 0 saturated heterocycles. The number of nitrogens with two attached hydrogens (primary N) is 1. The summed E-state index contributed by atoms with van der Waals surface area (Å²) in [6.45, 7) is 4.19. The number of carbonyl (C=O) groups excluding carboxylic acids is 1. The van der Waals surface area contributed by atoms with Crippen molar-refractivity contribution in [3.8, 4) is 17.6 Å². The average molecular weight is 455 g/mol. The lowest BCUT2D eigenvalue weighted by Crippen LogP contribution is -2.42. The van der Waals surface area contributed by atoms with Crippen LogP contribution in [0.15, 0.2) is 70.1 Å². The number of anilines is 1. The minimum absolute atomic E-state index is 0.0397. The van der Waals surface area contributed by atoms with E-state index in [1.165, 1.54) is 0 Å². The van der Waals surface area contributed by atoms with Crippen molar-refractivity contribution in [1.82, 2.24) is 0 Å². The molecule has 2 N–H and O–H groups in total. The summed E-state index contributed by atoms with van der Waals surface area (Å²) in [5, 5.41) is 10.4. The third kappa shape index (κ3) is 3.18. The number of aliphatic imine (C=N–C) groups is 1. The Morgan fingerprint density at radius 3 is 2.56 bits per heavy atom. The number of Topliss-reactive ketones (excluding diaryl/α,β-unsaturated/α-hetero) is 1. The second-order valence-electron chi connectivity index (χ2n) is 9.55. The highest BCUT2D eigenvalue weighted by Gasteiger charge is 2.46. The first-order chi connectivity index (χ1) is 16.3. The number of nitriles is 1. The molecule has 0 fully saturated rings. The number of benzene rings is 2. The van der Waals surface area contributed by atoms with Crippen molar-refractivity contribution in [2.75, 3.05) is 19.1 Å². The zero-order valence-electron chi connectivity index (χ0n) is 19.7. The Hall–Kier alpha value is -4.05. The number of nitrogens with zero attached hydrogens (tertiary/aromatic N) is 3. The molecule has 172 valence electrons. The highest BCUT2D eigenvalue weighted by molar-refractivity contribution is 6.08. The van der Waals surface area contributed by atoms with Gasteiger partial charge in [0.05, 0.1) is 37.5 Å². The maximum Gasteiger partial charge on any atom is 0.162 e. The first kappa shape index (κ1) is 21.8. The molecule has 1 aliphatic carbocycles. The fraction of sp³-hybridized carbons (Fsp3) is 0.296. The smallest absolute Gasteiger partial charge is 0.162 e. The van der Waals surface area contributed by atoms with E-state index in [0.717, 1.165) is 22.5 Å². The molecular formula is C27H26N4O3. The lowest BCUT2D eigenvalue weighted by Gasteiger charge is -2.45. The van der Waals surface area contributed by atoms with E-state index in [2.05, 4.69) is 24.9 Å². The van der Waals surface area contributed by atoms with Crippen molar-refractivity contribution in [3.05, 3.63) is 76.3 Å². The van der Waals surface area contributed by atoms with E-state index in [-0.39, 0.29) is 11.2 Å². The highest BCUT2D eigenvalue weighted by Crippen LogP contribution is 2.53. The Labute approximate surface area is 198 Å². The topological polar surface area (TPSA) is 101 Å². The molecule has 0 bridgehead atoms. The number of rotatable bonds is 3. The molecule has 0 radical (unpaired) electrons. The van der Waals surface area contributed by atoms with Crippen LogP contribution in [0.2, 0.25) is 0 Å². The number of hydrogen-bond donors (Lipinski definition) is 1. The van der Waals surface area contributed by atoms with Gasteiger partial charge >= 0.3 is 0 Å². The lowest BCUT2D eigenvalue weighted by molar-refractivity contribution is -0.118. The number of fused-ring (bicyclic) bond motifs is 4. The van der Waals surface area contributed by atoms with Crippen molar-refractivity contribution < 1.29 is 14.3 Å². The minimum Gasteiger partial charge on any atom is -0.493 e. The highest BCUT2D eigenvalue weighted by atomic mass is 16.5. The van der Waals surface area contributed by atoms with Gasteiger partial charge in [0.15, 0.2) is 23.1 Å². The minimum atomic E-state index is -0.573. The summed E-state index contributed by atoms with van der Waals surface area (Å²) < 4.78 is 10.9. The Balaban J connectivity index is 1.83. The van der Waals surface area contributed by atoms with Gasteiger partial charge in [0.25, 0.3) is 0 Å². The van der Waals surface area contributed by atoms with Crippen molar-refractivity contribution in [3.63, 3.8) is 0 Å². The fourth-order valence-corrected chi connectivity index (χ4v) is 5.26. The summed E-state index contributed by atoms with van der Waals surface area (Å²) >= 11 is 0. The van der Waals surface area contributed by atoms with E-state index in [9.17, 15) is 10.1 Å². The molecule has 5 rings (SSSR count). The summed E-state index contributed by atoms with van der Waals surface area (Å²) in [7, 11) is 3.14. The molecule has 1 atom stereocenters. The molecule has 3 aliphatic rings. The van der Waals surface area contributed by atoms with Crippen molar-refractivity contribution in [2.45, 2.75) is 32.6 Å². The summed E-state index contributed by atoms with van der Waals surface area (Å²) in [5.74, 6) is 1.41. The van der Waals surface area contributed by atoms with Crippen molar-refractivity contribution >= 4 is 17.3 Å². The summed E-state index contributed by atoms with van der Waals surface area (Å²) in [5.41, 5.74) is 10.4. The number of hydrogen-bond acceptors (Lipinski definition) is 7. The molecule has 7 heteroatoms. The molecule has 7 nitrogen and oxygen atoms in total. The van der Waals surface area contributed by atoms with E-state index in [1.807, 2.05) is 41.3 Å². The summed E-state index contributed by atoms with van der Waals surface area (Å²) in [4.78, 5) is 20.3. The molecular weight excluding hydrogens is 428 g/mol. The first-order valence-electron chi connectivity index (χ1n) is 11.2. The number of amidine groups is 1. The van der Waals surface area contributed by atoms with E-state index >= 15 is 0 Å². The van der Waals surface area contributed by atoms with Gasteiger partial charge in [-0.2, -0.15) is 5.26 Å². The standard InChI is InChI=1S/C27H26N4O3/c1-27(2)12-19-24(20(32)13-27)23(15-9-10-21(33-3)22(11-15)34-4)17(14-28)26-30-25(29)16-7-5-6-8-18(16)31(19)26/h5-11,23H,12-13H2,1-4H3,(H2,29,30)/t23-/m1/s1. The number of carbonyl (C=O) groups is 1. The van der Waals surface area contributed by atoms with Crippen LogP contribution in [0.5, 0.6) is 11.5 Å². The Morgan fingerprint density at radius 2 is 1.85 bits per heavy atom. The number of ether oxygens (including phenoxy) is 2. The van der Waals surface area contributed by atoms with Crippen LogP contribution in [-0.2, 0) is 4.79 Å². The summed E-state index contributed by atoms with van der Waals surface area (Å²) in [6.07, 6.45) is 1.08. The van der Waals surface area contributed by atoms with Crippen LogP contribution in [0, 0.1) is 16.7 Å². The predicted molar refractivity (Wildman–Crippen MR) is 130 cm³/mol. The van der Waals surface area contributed by atoms with Gasteiger partial charge < -0.3 is 15.2 Å². The maximum atomic E-state index is 13.7. The molecule has 0 aromatic heterocycles. The Kier molecular flexibility index (Phi) is 4.98. The van der Waals surface area contributed by atoms with Gasteiger partial charge in [-0.25, -0.2) is 4.99 Å². The normalized spacial score (nSPS) is 20.7. The van der Waals surface area contributed by atoms with E-state index < -0.39 is 5.92 Å². The predicted octanol–water partition coefficient (Wildman–Crippen LogP) is 4.40. The molecule has 34 heavy (non-hydrogen) atoms. The van der Waals surface area contributed by atoms with Crippen LogP contribution >= 0.6 is 0 Å². The maximum absolute atomic E-state index is 13.7. The monoisotopic (exact) mass is 454 g/mol. The van der Waals surface area contributed by atoms with E-state index in [0.29, 0.717) is 47.1 Å². The average Bonchev–Trinajstić information content (AvgIpc) is 2.82. The molecule has 0 spiro atoms. The second-order valence-corrected chi connectivity index (χ2v) is 9.55. The number of methoxy groups -OCH3 is 2. The zero-order chi connectivity index (χ0) is 24.2. The van der Waals surface area contributed by atoms with Crippen LogP contribution in [0.3, 0.4) is 0 Å². The zero-order valence-corrected chi connectivity index (χ0v) is 19.7. The van der Waals surface area contributed by atoms with Gasteiger partial charge in [0, 0.05) is 23.3 Å². The Morgan fingerprint density at radius 1 is 1.12 bits per heavy atom. The largest absolute Gasteiger partial charge is 0.493 e. The van der Waals surface area contributed by atoms with Crippen LogP contribution < -0.4 is 20.1 Å². The number of allylic oxidation sites excluding steroid dienone is 3. The van der Waals surface area contributed by atoms with Gasteiger partial charge in [-0.1, -0.05) is 32.0 Å². The number of ketones is 1. The van der Waals surface area contributed by atoms with Crippen LogP contribution in [0.25, 0.3) is 0 Å². The number of para-hydroxylation sites is 1. The quantitative estimate of drug-likeness (QED) is 0.737. The van der Waals surface area contributed by atoms with Crippen LogP contribution in [-0.4, -0.2) is 25.8 Å². The third-order valence-electron chi connectivity index (χ3n) is 6.71. The van der Waals surface area contributed by atoms with Gasteiger partial charge in [-0.05, 0) is 41.7 Å². The third-order valence-corrected chi connectivity index (χ3v) is 6.71.